The van der Waals surface area contributed by atoms with Gasteiger partial charge in [0.2, 0.25) is 0 Å². The van der Waals surface area contributed by atoms with E-state index in [1.54, 1.807) is 6.08 Å². The minimum atomic E-state index is 0.0470. The zero-order valence-corrected chi connectivity index (χ0v) is 8.66. The normalized spacial score (nSPS) is 11.3. The second-order valence-corrected chi connectivity index (χ2v) is 3.32. The van der Waals surface area contributed by atoms with Crippen LogP contribution in [0.4, 0.5) is 0 Å². The fraction of sp³-hybridized carbons (Fsp3) is 0.0833. The van der Waals surface area contributed by atoms with Crippen molar-refractivity contribution in [2.45, 2.75) is 6.92 Å². The molecule has 0 saturated carbocycles. The van der Waals surface area contributed by atoms with E-state index in [-0.39, 0.29) is 5.78 Å². The van der Waals surface area contributed by atoms with Crippen LogP contribution < -0.4 is 0 Å². The molecular formula is C12H11ClO. The molecule has 14 heavy (non-hydrogen) atoms. The Kier molecular flexibility index (Phi) is 4.14. The van der Waals surface area contributed by atoms with E-state index in [0.29, 0.717) is 0 Å². The SMILES string of the molecule is CC(=O)/C=C/C=C\c1ccc(Cl)cc1. The summed E-state index contributed by atoms with van der Waals surface area (Å²) in [6.45, 7) is 1.52. The van der Waals surface area contributed by atoms with Crippen molar-refractivity contribution in [2.24, 2.45) is 0 Å². The standard InChI is InChI=1S/C12H11ClO/c1-10(14)4-2-3-5-11-6-8-12(13)9-7-11/h2-9H,1H3/b4-2+,5-3-. The molecule has 1 nitrogen and oxygen atoms in total. The number of hydrogen-bond donors (Lipinski definition) is 0. The Morgan fingerprint density at radius 2 is 1.86 bits per heavy atom. The molecule has 0 unspecified atom stereocenters. The first kappa shape index (κ1) is 10.7. The molecule has 0 saturated heterocycles. The lowest BCUT2D eigenvalue weighted by atomic mass is 10.2. The fourth-order valence-electron chi connectivity index (χ4n) is 0.932. The summed E-state index contributed by atoms with van der Waals surface area (Å²) in [7, 11) is 0. The van der Waals surface area contributed by atoms with E-state index in [2.05, 4.69) is 0 Å². The molecule has 0 radical (unpaired) electrons. The van der Waals surface area contributed by atoms with Gasteiger partial charge in [-0.15, -0.1) is 0 Å². The Labute approximate surface area is 88.7 Å². The van der Waals surface area contributed by atoms with Gasteiger partial charge in [0, 0.05) is 5.02 Å². The first-order chi connectivity index (χ1) is 6.68. The molecular weight excluding hydrogens is 196 g/mol. The van der Waals surface area contributed by atoms with Crippen LogP contribution in [0.5, 0.6) is 0 Å². The molecule has 0 fully saturated rings. The molecule has 0 aliphatic carbocycles. The van der Waals surface area contributed by atoms with E-state index in [4.69, 9.17) is 11.6 Å². The number of benzene rings is 1. The van der Waals surface area contributed by atoms with Crippen molar-refractivity contribution >= 4 is 23.5 Å². The summed E-state index contributed by atoms with van der Waals surface area (Å²) >= 11 is 5.73. The minimum Gasteiger partial charge on any atom is -0.295 e. The van der Waals surface area contributed by atoms with Gasteiger partial charge in [-0.05, 0) is 30.7 Å². The van der Waals surface area contributed by atoms with Gasteiger partial charge >= 0.3 is 0 Å². The van der Waals surface area contributed by atoms with Gasteiger partial charge in [-0.25, -0.2) is 0 Å². The first-order valence-electron chi connectivity index (χ1n) is 4.29. The van der Waals surface area contributed by atoms with Gasteiger partial charge in [-0.2, -0.15) is 0 Å². The van der Waals surface area contributed by atoms with Crippen molar-refractivity contribution in [3.8, 4) is 0 Å². The maximum atomic E-state index is 10.6. The molecule has 0 aliphatic heterocycles. The van der Waals surface area contributed by atoms with E-state index >= 15 is 0 Å². The number of halogens is 1. The summed E-state index contributed by atoms with van der Waals surface area (Å²) in [6.07, 6.45) is 6.98. The second-order valence-electron chi connectivity index (χ2n) is 2.88. The van der Waals surface area contributed by atoms with E-state index < -0.39 is 0 Å². The Morgan fingerprint density at radius 1 is 1.21 bits per heavy atom. The number of carbonyl (C=O) groups is 1. The Morgan fingerprint density at radius 3 is 2.43 bits per heavy atom. The van der Waals surface area contributed by atoms with Crippen molar-refractivity contribution in [1.82, 2.24) is 0 Å². The third kappa shape index (κ3) is 4.06. The lowest BCUT2D eigenvalue weighted by molar-refractivity contribution is -0.112. The van der Waals surface area contributed by atoms with Crippen LogP contribution in [0.15, 0.2) is 42.5 Å². The summed E-state index contributed by atoms with van der Waals surface area (Å²) in [6, 6.07) is 7.49. The Balaban J connectivity index is 2.60. The van der Waals surface area contributed by atoms with Crippen LogP contribution in [0.25, 0.3) is 6.08 Å². The molecule has 0 spiro atoms. The third-order valence-corrected chi connectivity index (χ3v) is 1.85. The number of carbonyl (C=O) groups excluding carboxylic acids is 1. The molecule has 0 heterocycles. The van der Waals surface area contributed by atoms with Crippen LogP contribution in [0.2, 0.25) is 5.02 Å². The van der Waals surface area contributed by atoms with E-state index in [0.717, 1.165) is 10.6 Å². The topological polar surface area (TPSA) is 17.1 Å². The zero-order valence-electron chi connectivity index (χ0n) is 7.91. The predicted octanol–water partition coefficient (Wildman–Crippen LogP) is 3.50. The highest BCUT2D eigenvalue weighted by atomic mass is 35.5. The van der Waals surface area contributed by atoms with Gasteiger partial charge in [0.05, 0.1) is 0 Å². The number of rotatable bonds is 3. The molecule has 0 bridgehead atoms. The highest BCUT2D eigenvalue weighted by Gasteiger charge is 1.86. The summed E-state index contributed by atoms with van der Waals surface area (Å²) in [5.74, 6) is 0.0470. The van der Waals surface area contributed by atoms with Gasteiger partial charge in [0.25, 0.3) is 0 Å². The van der Waals surface area contributed by atoms with Crippen LogP contribution in [-0.4, -0.2) is 5.78 Å². The van der Waals surface area contributed by atoms with Crippen LogP contribution in [0, 0.1) is 0 Å². The highest BCUT2D eigenvalue weighted by molar-refractivity contribution is 6.30. The maximum Gasteiger partial charge on any atom is 0.152 e. The maximum absolute atomic E-state index is 10.6. The van der Waals surface area contributed by atoms with Crippen molar-refractivity contribution in [1.29, 1.82) is 0 Å². The van der Waals surface area contributed by atoms with Gasteiger partial charge in [-0.1, -0.05) is 42.0 Å². The van der Waals surface area contributed by atoms with Crippen molar-refractivity contribution in [3.05, 3.63) is 53.1 Å². The molecule has 0 atom stereocenters. The van der Waals surface area contributed by atoms with Crippen molar-refractivity contribution in [3.63, 3.8) is 0 Å². The highest BCUT2D eigenvalue weighted by Crippen LogP contribution is 2.10. The summed E-state index contributed by atoms with van der Waals surface area (Å²) in [4.78, 5) is 10.6. The average Bonchev–Trinajstić information content (AvgIpc) is 2.15. The zero-order chi connectivity index (χ0) is 10.4. The molecule has 0 aliphatic rings. The van der Waals surface area contributed by atoms with Gasteiger partial charge in [0.15, 0.2) is 5.78 Å². The van der Waals surface area contributed by atoms with Crippen molar-refractivity contribution < 1.29 is 4.79 Å². The van der Waals surface area contributed by atoms with Crippen molar-refractivity contribution in [2.75, 3.05) is 0 Å². The average molecular weight is 207 g/mol. The van der Waals surface area contributed by atoms with Crippen LogP contribution in [0.1, 0.15) is 12.5 Å². The Hall–Kier alpha value is -1.34. The lowest BCUT2D eigenvalue weighted by Gasteiger charge is -1.91. The van der Waals surface area contributed by atoms with E-state index in [1.807, 2.05) is 36.4 Å². The predicted molar refractivity (Wildman–Crippen MR) is 60.3 cm³/mol. The molecule has 2 heteroatoms. The van der Waals surface area contributed by atoms with Gasteiger partial charge in [-0.3, -0.25) is 4.79 Å². The molecule has 1 aromatic carbocycles. The second kappa shape index (κ2) is 5.40. The fourth-order valence-corrected chi connectivity index (χ4v) is 1.06. The quantitative estimate of drug-likeness (QED) is 0.547. The van der Waals surface area contributed by atoms with Gasteiger partial charge < -0.3 is 0 Å². The minimum absolute atomic E-state index is 0.0470. The Bertz CT molecular complexity index is 360. The summed E-state index contributed by atoms with van der Waals surface area (Å²) in [5, 5.41) is 0.724. The lowest BCUT2D eigenvalue weighted by Crippen LogP contribution is -1.77. The molecule has 1 rings (SSSR count). The number of allylic oxidation sites excluding steroid dienone is 3. The molecule has 0 aromatic heterocycles. The van der Waals surface area contributed by atoms with Gasteiger partial charge in [0.1, 0.15) is 0 Å². The largest absolute Gasteiger partial charge is 0.295 e. The summed E-state index contributed by atoms with van der Waals surface area (Å²) in [5.41, 5.74) is 1.06. The first-order valence-corrected chi connectivity index (χ1v) is 4.67. The summed E-state index contributed by atoms with van der Waals surface area (Å²) < 4.78 is 0. The molecule has 1 aromatic rings. The number of hydrogen-bond acceptors (Lipinski definition) is 1. The third-order valence-electron chi connectivity index (χ3n) is 1.60. The molecule has 0 amide bonds. The number of ketones is 1. The monoisotopic (exact) mass is 206 g/mol. The van der Waals surface area contributed by atoms with E-state index in [1.165, 1.54) is 13.0 Å². The molecule has 0 N–H and O–H groups in total. The van der Waals surface area contributed by atoms with Crippen LogP contribution in [0.3, 0.4) is 0 Å². The van der Waals surface area contributed by atoms with E-state index in [9.17, 15) is 4.79 Å². The molecule has 72 valence electrons. The smallest absolute Gasteiger partial charge is 0.152 e. The van der Waals surface area contributed by atoms with Crippen LogP contribution in [-0.2, 0) is 4.79 Å². The van der Waals surface area contributed by atoms with Crippen LogP contribution >= 0.6 is 11.6 Å².